The zero-order valence-electron chi connectivity index (χ0n) is 9.66. The predicted molar refractivity (Wildman–Crippen MR) is 79.8 cm³/mol. The molecule has 2 aromatic rings. The third-order valence-corrected chi connectivity index (χ3v) is 4.27. The molecule has 0 atom stereocenters. The van der Waals surface area contributed by atoms with Crippen molar-refractivity contribution in [1.29, 1.82) is 0 Å². The molecule has 0 aliphatic rings. The lowest BCUT2D eigenvalue weighted by molar-refractivity contribution is 1.04. The van der Waals surface area contributed by atoms with Crippen LogP contribution < -0.4 is 11.1 Å². The van der Waals surface area contributed by atoms with Crippen molar-refractivity contribution in [2.45, 2.75) is 13.3 Å². The fourth-order valence-electron chi connectivity index (χ4n) is 1.65. The van der Waals surface area contributed by atoms with Crippen molar-refractivity contribution in [1.82, 2.24) is 0 Å². The number of anilines is 2. The first-order valence-electron chi connectivity index (χ1n) is 5.48. The second-order valence-electron chi connectivity index (χ2n) is 4.00. The second-order valence-corrected chi connectivity index (χ2v) is 5.91. The Morgan fingerprint density at radius 2 is 2.18 bits per heavy atom. The van der Waals surface area contributed by atoms with Crippen molar-refractivity contribution >= 4 is 38.6 Å². The molecule has 0 unspecified atom stereocenters. The van der Waals surface area contributed by atoms with Crippen molar-refractivity contribution < 1.29 is 0 Å². The molecule has 1 aromatic carbocycles. The van der Waals surface area contributed by atoms with E-state index in [0.717, 1.165) is 28.8 Å². The van der Waals surface area contributed by atoms with Gasteiger partial charge in [-0.15, -0.1) is 11.3 Å². The van der Waals surface area contributed by atoms with Crippen LogP contribution in [-0.4, -0.2) is 6.54 Å². The van der Waals surface area contributed by atoms with E-state index in [1.165, 1.54) is 10.4 Å². The quantitative estimate of drug-likeness (QED) is 0.836. The van der Waals surface area contributed by atoms with Crippen LogP contribution in [0.5, 0.6) is 0 Å². The minimum absolute atomic E-state index is 0.817. The molecule has 0 spiro atoms. The predicted octanol–water partition coefficient (Wildman–Crippen LogP) is 4.06. The van der Waals surface area contributed by atoms with Gasteiger partial charge in [0.1, 0.15) is 0 Å². The SMILES string of the molecule is Cc1ccc(NCCc2cc(Br)cs2)c(N)c1. The second kappa shape index (κ2) is 5.56. The summed E-state index contributed by atoms with van der Waals surface area (Å²) in [5.41, 5.74) is 8.96. The van der Waals surface area contributed by atoms with Gasteiger partial charge < -0.3 is 11.1 Å². The summed E-state index contributed by atoms with van der Waals surface area (Å²) in [6.45, 7) is 2.95. The van der Waals surface area contributed by atoms with Crippen molar-refractivity contribution in [2.24, 2.45) is 0 Å². The number of hydrogen-bond acceptors (Lipinski definition) is 3. The van der Waals surface area contributed by atoms with Crippen molar-refractivity contribution in [3.8, 4) is 0 Å². The fraction of sp³-hybridized carbons (Fsp3) is 0.231. The topological polar surface area (TPSA) is 38.0 Å². The molecule has 1 aromatic heterocycles. The monoisotopic (exact) mass is 310 g/mol. The highest BCUT2D eigenvalue weighted by molar-refractivity contribution is 9.10. The van der Waals surface area contributed by atoms with Gasteiger partial charge in [0.25, 0.3) is 0 Å². The normalized spacial score (nSPS) is 10.5. The van der Waals surface area contributed by atoms with Crippen LogP contribution in [0.15, 0.2) is 34.1 Å². The van der Waals surface area contributed by atoms with Crippen LogP contribution in [0.4, 0.5) is 11.4 Å². The molecule has 0 radical (unpaired) electrons. The lowest BCUT2D eigenvalue weighted by Gasteiger charge is -2.09. The Labute approximate surface area is 114 Å². The molecule has 1 heterocycles. The highest BCUT2D eigenvalue weighted by atomic mass is 79.9. The molecule has 2 nitrogen and oxygen atoms in total. The van der Waals surface area contributed by atoms with Crippen LogP contribution in [0.3, 0.4) is 0 Å². The smallest absolute Gasteiger partial charge is 0.0574 e. The van der Waals surface area contributed by atoms with E-state index in [-0.39, 0.29) is 0 Å². The zero-order valence-corrected chi connectivity index (χ0v) is 12.1. The summed E-state index contributed by atoms with van der Waals surface area (Å²) in [5, 5.41) is 5.47. The summed E-state index contributed by atoms with van der Waals surface area (Å²) in [6.07, 6.45) is 1.02. The molecular formula is C13H15BrN2S. The van der Waals surface area contributed by atoms with Gasteiger partial charge in [-0.2, -0.15) is 0 Å². The largest absolute Gasteiger partial charge is 0.397 e. The van der Waals surface area contributed by atoms with E-state index in [1.54, 1.807) is 11.3 Å². The van der Waals surface area contributed by atoms with E-state index in [1.807, 2.05) is 19.1 Å². The van der Waals surface area contributed by atoms with Crippen LogP contribution in [0.25, 0.3) is 0 Å². The Morgan fingerprint density at radius 1 is 1.35 bits per heavy atom. The van der Waals surface area contributed by atoms with Gasteiger partial charge in [0.2, 0.25) is 0 Å². The minimum Gasteiger partial charge on any atom is -0.397 e. The molecular weight excluding hydrogens is 296 g/mol. The van der Waals surface area contributed by atoms with Crippen LogP contribution >= 0.6 is 27.3 Å². The third kappa shape index (κ3) is 3.48. The molecule has 17 heavy (non-hydrogen) atoms. The number of benzene rings is 1. The van der Waals surface area contributed by atoms with Crippen LogP contribution in [0, 0.1) is 6.92 Å². The van der Waals surface area contributed by atoms with Crippen molar-refractivity contribution in [3.63, 3.8) is 0 Å². The number of nitrogens with two attached hydrogens (primary N) is 1. The first-order valence-corrected chi connectivity index (χ1v) is 7.15. The number of aryl methyl sites for hydroxylation is 1. The maximum atomic E-state index is 5.94. The first kappa shape index (κ1) is 12.5. The summed E-state index contributed by atoms with van der Waals surface area (Å²) in [4.78, 5) is 1.37. The Bertz CT molecular complexity index is 508. The van der Waals surface area contributed by atoms with Gasteiger partial charge in [-0.25, -0.2) is 0 Å². The van der Waals surface area contributed by atoms with Gasteiger partial charge in [-0.3, -0.25) is 0 Å². The molecule has 90 valence electrons. The minimum atomic E-state index is 0.817. The van der Waals surface area contributed by atoms with Crippen LogP contribution in [0.2, 0.25) is 0 Å². The molecule has 4 heteroatoms. The standard InChI is InChI=1S/C13H15BrN2S/c1-9-2-3-13(12(15)6-9)16-5-4-11-7-10(14)8-17-11/h2-3,6-8,16H,4-5,15H2,1H3. The highest BCUT2D eigenvalue weighted by Crippen LogP contribution is 2.22. The molecule has 0 bridgehead atoms. The lowest BCUT2D eigenvalue weighted by Crippen LogP contribution is -2.06. The maximum absolute atomic E-state index is 5.94. The third-order valence-electron chi connectivity index (χ3n) is 2.52. The van der Waals surface area contributed by atoms with E-state index < -0.39 is 0 Å². The first-order chi connectivity index (χ1) is 8.15. The van der Waals surface area contributed by atoms with Crippen molar-refractivity contribution in [2.75, 3.05) is 17.6 Å². The van der Waals surface area contributed by atoms with Crippen LogP contribution in [0.1, 0.15) is 10.4 Å². The van der Waals surface area contributed by atoms with Gasteiger partial charge >= 0.3 is 0 Å². The van der Waals surface area contributed by atoms with Gasteiger partial charge in [-0.1, -0.05) is 6.07 Å². The fourth-order valence-corrected chi connectivity index (χ4v) is 3.10. The number of nitrogen functional groups attached to an aromatic ring is 1. The Morgan fingerprint density at radius 3 is 2.82 bits per heavy atom. The average molecular weight is 311 g/mol. The lowest BCUT2D eigenvalue weighted by atomic mass is 10.2. The number of rotatable bonds is 4. The van der Waals surface area contributed by atoms with E-state index in [2.05, 4.69) is 38.8 Å². The van der Waals surface area contributed by atoms with E-state index in [4.69, 9.17) is 5.73 Å². The molecule has 3 N–H and O–H groups in total. The number of nitrogens with one attached hydrogen (secondary N) is 1. The summed E-state index contributed by atoms with van der Waals surface area (Å²) in [5.74, 6) is 0. The molecule has 0 fully saturated rings. The van der Waals surface area contributed by atoms with Gasteiger partial charge in [0.05, 0.1) is 11.4 Å². The summed E-state index contributed by atoms with van der Waals surface area (Å²) < 4.78 is 1.16. The van der Waals surface area contributed by atoms with E-state index >= 15 is 0 Å². The molecule has 0 saturated carbocycles. The molecule has 2 rings (SSSR count). The highest BCUT2D eigenvalue weighted by Gasteiger charge is 2.00. The van der Waals surface area contributed by atoms with Crippen molar-refractivity contribution in [3.05, 3.63) is 44.6 Å². The number of thiophene rings is 1. The van der Waals surface area contributed by atoms with Gasteiger partial charge in [0.15, 0.2) is 0 Å². The molecule has 0 saturated heterocycles. The number of halogens is 1. The molecule has 0 aliphatic heterocycles. The maximum Gasteiger partial charge on any atom is 0.0574 e. The van der Waals surface area contributed by atoms with E-state index in [9.17, 15) is 0 Å². The Balaban J connectivity index is 1.90. The van der Waals surface area contributed by atoms with Crippen LogP contribution in [-0.2, 0) is 6.42 Å². The summed E-state index contributed by atoms with van der Waals surface area (Å²) >= 11 is 5.23. The van der Waals surface area contributed by atoms with Gasteiger partial charge in [0, 0.05) is 21.3 Å². The molecule has 0 amide bonds. The van der Waals surface area contributed by atoms with E-state index in [0.29, 0.717) is 0 Å². The zero-order chi connectivity index (χ0) is 12.3. The Kier molecular flexibility index (Phi) is 4.07. The Hall–Kier alpha value is -1.000. The number of hydrogen-bond donors (Lipinski definition) is 2. The van der Waals surface area contributed by atoms with Gasteiger partial charge in [-0.05, 0) is 53.0 Å². The summed E-state index contributed by atoms with van der Waals surface area (Å²) in [6, 6.07) is 8.25. The molecule has 0 aliphatic carbocycles. The average Bonchev–Trinajstić information content (AvgIpc) is 2.68. The summed E-state index contributed by atoms with van der Waals surface area (Å²) in [7, 11) is 0.